The van der Waals surface area contributed by atoms with Gasteiger partial charge in [-0.1, -0.05) is 12.8 Å². The van der Waals surface area contributed by atoms with Gasteiger partial charge >= 0.3 is 17.9 Å². The maximum atomic E-state index is 11.9. The van der Waals surface area contributed by atoms with Crippen LogP contribution < -0.4 is 0 Å². The van der Waals surface area contributed by atoms with Crippen molar-refractivity contribution in [1.82, 2.24) is 0 Å². The fourth-order valence-electron chi connectivity index (χ4n) is 2.52. The average molecular weight is 356 g/mol. The molecule has 1 rings (SSSR count). The molecule has 0 aromatic heterocycles. The van der Waals surface area contributed by atoms with Gasteiger partial charge in [0.25, 0.3) is 6.10 Å². The van der Waals surface area contributed by atoms with Crippen LogP contribution in [0, 0.1) is 18.3 Å². The molecule has 0 amide bonds. The van der Waals surface area contributed by atoms with Gasteiger partial charge in [0.05, 0.1) is 26.4 Å². The second kappa shape index (κ2) is 9.39. The molecular weight excluding hydrogens is 332 g/mol. The van der Waals surface area contributed by atoms with Crippen molar-refractivity contribution < 1.29 is 38.1 Å². The predicted molar refractivity (Wildman–Crippen MR) is 85.2 cm³/mol. The first kappa shape index (κ1) is 20.9. The number of terminal acetylenes is 1. The fraction of sp³-hybridized carbons (Fsp3) is 0.706. The van der Waals surface area contributed by atoms with E-state index < -0.39 is 35.7 Å². The van der Waals surface area contributed by atoms with Crippen LogP contribution in [0.1, 0.15) is 27.7 Å². The average Bonchev–Trinajstić information content (AvgIpc) is 2.84. The van der Waals surface area contributed by atoms with Crippen molar-refractivity contribution in [3.63, 3.8) is 0 Å². The molecule has 1 heterocycles. The molecule has 0 aliphatic carbocycles. The van der Waals surface area contributed by atoms with Crippen LogP contribution in [-0.4, -0.2) is 62.1 Å². The molecule has 0 radical (unpaired) electrons. The Balaban J connectivity index is 2.89. The first-order chi connectivity index (χ1) is 11.8. The predicted octanol–water partition coefficient (Wildman–Crippen LogP) is 0.468. The van der Waals surface area contributed by atoms with Crippen LogP contribution in [0.15, 0.2) is 0 Å². The molecule has 0 aromatic rings. The van der Waals surface area contributed by atoms with Gasteiger partial charge in [0.2, 0.25) is 5.60 Å². The maximum absolute atomic E-state index is 11.9. The smallest absolute Gasteiger partial charge is 0.347 e. The Labute approximate surface area is 147 Å². The van der Waals surface area contributed by atoms with Crippen molar-refractivity contribution in [2.75, 3.05) is 26.4 Å². The van der Waals surface area contributed by atoms with Crippen LogP contribution in [0.3, 0.4) is 0 Å². The molecule has 0 bridgehead atoms. The summed E-state index contributed by atoms with van der Waals surface area (Å²) >= 11 is 0. The van der Waals surface area contributed by atoms with Crippen LogP contribution >= 0.6 is 0 Å². The van der Waals surface area contributed by atoms with Crippen molar-refractivity contribution in [2.45, 2.75) is 45.5 Å². The molecule has 8 nitrogen and oxygen atoms in total. The van der Waals surface area contributed by atoms with E-state index in [9.17, 15) is 14.4 Å². The van der Waals surface area contributed by atoms with E-state index in [1.165, 1.54) is 6.92 Å². The molecule has 0 spiro atoms. The zero-order valence-electron chi connectivity index (χ0n) is 14.9. The first-order valence-corrected chi connectivity index (χ1v) is 8.06. The highest BCUT2D eigenvalue weighted by atomic mass is 16.6. The quantitative estimate of drug-likeness (QED) is 0.268. The Bertz CT molecular complexity index is 519. The Morgan fingerprint density at radius 3 is 2.24 bits per heavy atom. The summed E-state index contributed by atoms with van der Waals surface area (Å²) in [6, 6.07) is 0. The number of rotatable bonds is 8. The lowest BCUT2D eigenvalue weighted by Crippen LogP contribution is -2.49. The summed E-state index contributed by atoms with van der Waals surface area (Å²) in [5, 5.41) is 0. The van der Waals surface area contributed by atoms with Crippen LogP contribution in [-0.2, 0) is 38.1 Å². The lowest BCUT2D eigenvalue weighted by Gasteiger charge is -2.31. The van der Waals surface area contributed by atoms with Crippen molar-refractivity contribution in [2.24, 2.45) is 5.92 Å². The third kappa shape index (κ3) is 4.94. The first-order valence-electron chi connectivity index (χ1n) is 8.06. The molecule has 1 fully saturated rings. The maximum Gasteiger partial charge on any atom is 0.347 e. The van der Waals surface area contributed by atoms with Crippen molar-refractivity contribution >= 4 is 17.9 Å². The normalized spacial score (nSPS) is 25.3. The molecule has 1 aliphatic rings. The van der Waals surface area contributed by atoms with E-state index in [4.69, 9.17) is 30.1 Å². The largest absolute Gasteiger partial charge is 0.464 e. The topological polar surface area (TPSA) is 97.4 Å². The van der Waals surface area contributed by atoms with Gasteiger partial charge in [0.15, 0.2) is 0 Å². The Kier molecular flexibility index (Phi) is 7.87. The zero-order valence-corrected chi connectivity index (χ0v) is 14.9. The SMILES string of the molecule is C#C[C@]1(OC(C)=O)[C@@H](C)CO[C@@H]1COC(C(=O)OCC)C(=O)OCC. The van der Waals surface area contributed by atoms with Crippen molar-refractivity contribution in [3.05, 3.63) is 0 Å². The molecule has 1 aliphatic heterocycles. The monoisotopic (exact) mass is 356 g/mol. The number of hydrogen-bond donors (Lipinski definition) is 0. The molecule has 140 valence electrons. The van der Waals surface area contributed by atoms with E-state index in [2.05, 4.69) is 5.92 Å². The van der Waals surface area contributed by atoms with Gasteiger partial charge < -0.3 is 23.7 Å². The minimum Gasteiger partial charge on any atom is -0.464 e. The summed E-state index contributed by atoms with van der Waals surface area (Å²) in [5.41, 5.74) is -1.33. The molecule has 8 heteroatoms. The summed E-state index contributed by atoms with van der Waals surface area (Å²) in [7, 11) is 0. The minimum absolute atomic E-state index is 0.0802. The van der Waals surface area contributed by atoms with Crippen LogP contribution in [0.5, 0.6) is 0 Å². The van der Waals surface area contributed by atoms with Gasteiger partial charge in [-0.15, -0.1) is 6.42 Å². The molecule has 0 aromatic carbocycles. The highest BCUT2D eigenvalue weighted by Gasteiger charge is 2.52. The standard InChI is InChI=1S/C17H24O8/c1-6-17(25-12(5)18)11(4)9-23-13(17)10-24-14(15(19)21-7-2)16(20)22-8-3/h1,11,13-14H,7-10H2,2-5H3/t11-,13+,17-/m0/s1. The second-order valence-corrected chi connectivity index (χ2v) is 5.47. The molecule has 25 heavy (non-hydrogen) atoms. The molecular formula is C17H24O8. The lowest BCUT2D eigenvalue weighted by atomic mass is 9.87. The van der Waals surface area contributed by atoms with Crippen LogP contribution in [0.4, 0.5) is 0 Å². The Morgan fingerprint density at radius 2 is 1.80 bits per heavy atom. The highest BCUT2D eigenvalue weighted by Crippen LogP contribution is 2.35. The number of ether oxygens (including phenoxy) is 5. The number of hydrogen-bond acceptors (Lipinski definition) is 8. The molecule has 0 unspecified atom stereocenters. The molecule has 1 saturated heterocycles. The van der Waals surface area contributed by atoms with Gasteiger partial charge in [-0.2, -0.15) is 0 Å². The molecule has 0 N–H and O–H groups in total. The number of carbonyl (C=O) groups is 3. The van der Waals surface area contributed by atoms with E-state index in [1.54, 1.807) is 20.8 Å². The third-order valence-electron chi connectivity index (χ3n) is 3.71. The summed E-state index contributed by atoms with van der Waals surface area (Å²) in [6.07, 6.45) is 3.18. The van der Waals surface area contributed by atoms with Gasteiger partial charge in [-0.25, -0.2) is 9.59 Å². The van der Waals surface area contributed by atoms with Crippen molar-refractivity contribution in [3.8, 4) is 12.3 Å². The van der Waals surface area contributed by atoms with E-state index in [0.717, 1.165) is 0 Å². The van der Waals surface area contributed by atoms with Crippen LogP contribution in [0.25, 0.3) is 0 Å². The third-order valence-corrected chi connectivity index (χ3v) is 3.71. The number of esters is 3. The lowest BCUT2D eigenvalue weighted by molar-refractivity contribution is -0.180. The minimum atomic E-state index is -1.56. The summed E-state index contributed by atoms with van der Waals surface area (Å²) in [5.74, 6) is -0.120. The Hall–Kier alpha value is -2.11. The zero-order chi connectivity index (χ0) is 19.0. The second-order valence-electron chi connectivity index (χ2n) is 5.47. The molecule has 0 saturated carbocycles. The van der Waals surface area contributed by atoms with E-state index in [0.29, 0.717) is 0 Å². The Morgan fingerprint density at radius 1 is 1.24 bits per heavy atom. The van der Waals surface area contributed by atoms with Gasteiger partial charge in [0.1, 0.15) is 6.10 Å². The number of carbonyl (C=O) groups excluding carboxylic acids is 3. The van der Waals surface area contributed by atoms with Gasteiger partial charge in [-0.05, 0) is 13.8 Å². The molecule has 3 atom stereocenters. The van der Waals surface area contributed by atoms with Crippen LogP contribution in [0.2, 0.25) is 0 Å². The highest BCUT2D eigenvalue weighted by molar-refractivity contribution is 5.98. The van der Waals surface area contributed by atoms with Crippen molar-refractivity contribution in [1.29, 1.82) is 0 Å². The van der Waals surface area contributed by atoms with Gasteiger partial charge in [0, 0.05) is 12.8 Å². The summed E-state index contributed by atoms with van der Waals surface area (Å²) in [6.45, 7) is 6.38. The van der Waals surface area contributed by atoms with E-state index in [-0.39, 0.29) is 32.3 Å². The fourth-order valence-corrected chi connectivity index (χ4v) is 2.52. The summed E-state index contributed by atoms with van der Waals surface area (Å²) < 4.78 is 25.9. The summed E-state index contributed by atoms with van der Waals surface area (Å²) in [4.78, 5) is 35.3. The van der Waals surface area contributed by atoms with E-state index >= 15 is 0 Å². The van der Waals surface area contributed by atoms with Gasteiger partial charge in [-0.3, -0.25) is 4.79 Å². The van der Waals surface area contributed by atoms with E-state index in [1.807, 2.05) is 0 Å².